The molecule has 3 aromatic carbocycles. The molecule has 0 unspecified atom stereocenters. The standard InChI is InChI=1S/C24H28FN3O.C7H8O3S/c1-26-14-15-28-21-11-13-27(16-20(21)19-4-2-5-22(26)24(19)28)12-3-6-23(29)17-7-9-18(25)10-8-17;1-6-4-2-3-5-7(6)11(8,9)10/h2,4-5,7-10,20-21H,3,6,11-16H2,1H3;2-5H,1H3,(H,8,9,10)/t20-,21-;/m0./s1. The Hall–Kier alpha value is -3.27. The lowest BCUT2D eigenvalue weighted by molar-refractivity contribution is 0.0971. The van der Waals surface area contributed by atoms with Crippen LogP contribution in [0.1, 0.15) is 46.7 Å². The normalized spacial score (nSPS) is 19.9. The zero-order chi connectivity index (χ0) is 28.4. The lowest BCUT2D eigenvalue weighted by Gasteiger charge is -2.41. The smallest absolute Gasteiger partial charge is 0.294 e. The van der Waals surface area contributed by atoms with Crippen molar-refractivity contribution in [2.24, 2.45) is 0 Å². The van der Waals surface area contributed by atoms with Crippen molar-refractivity contribution in [3.05, 3.63) is 89.2 Å². The number of hydrogen-bond donors (Lipinski definition) is 1. The molecule has 0 bridgehead atoms. The van der Waals surface area contributed by atoms with E-state index in [9.17, 15) is 17.6 Å². The Morgan fingerprint density at radius 3 is 2.45 bits per heavy atom. The van der Waals surface area contributed by atoms with Crippen LogP contribution in [-0.2, 0) is 10.1 Å². The van der Waals surface area contributed by atoms with E-state index in [0.717, 1.165) is 39.1 Å². The lowest BCUT2D eigenvalue weighted by atomic mass is 9.89. The molecular formula is C31H36FN3O4S. The Bertz CT molecular complexity index is 1480. The van der Waals surface area contributed by atoms with Crippen LogP contribution in [0.15, 0.2) is 71.6 Å². The van der Waals surface area contributed by atoms with E-state index in [0.29, 0.717) is 29.5 Å². The molecule has 9 heteroatoms. The number of ketones is 1. The number of Topliss-reactive ketones (excluding diaryl/α,β-unsaturated/α-hetero) is 1. The number of likely N-dealkylation sites (tertiary alicyclic amines) is 1. The summed E-state index contributed by atoms with van der Waals surface area (Å²) < 4.78 is 42.9. The highest BCUT2D eigenvalue weighted by molar-refractivity contribution is 7.85. The summed E-state index contributed by atoms with van der Waals surface area (Å²) in [6, 6.07) is 19.6. The molecule has 0 amide bonds. The number of fused-ring (bicyclic) bond motifs is 3. The number of piperidine rings is 1. The third-order valence-corrected chi connectivity index (χ3v) is 9.31. The fourth-order valence-electron chi connectivity index (χ4n) is 6.27. The van der Waals surface area contributed by atoms with E-state index in [4.69, 9.17) is 4.55 Å². The Kier molecular flexibility index (Phi) is 8.26. The average molecular weight is 566 g/mol. The number of para-hydroxylation sites is 1. The van der Waals surface area contributed by atoms with Gasteiger partial charge in [0.15, 0.2) is 5.78 Å². The first-order valence-electron chi connectivity index (χ1n) is 13.8. The molecule has 0 aromatic heterocycles. The Balaban J connectivity index is 0.000000248. The van der Waals surface area contributed by atoms with Crippen molar-refractivity contribution >= 4 is 27.3 Å². The number of anilines is 2. The second kappa shape index (κ2) is 11.7. The van der Waals surface area contributed by atoms with Crippen molar-refractivity contribution in [2.45, 2.75) is 43.0 Å². The van der Waals surface area contributed by atoms with E-state index in [1.165, 1.54) is 41.6 Å². The topological polar surface area (TPSA) is 81.2 Å². The van der Waals surface area contributed by atoms with Crippen LogP contribution in [0.4, 0.5) is 15.8 Å². The molecule has 3 heterocycles. The summed E-state index contributed by atoms with van der Waals surface area (Å²) in [5, 5.41) is 0. The molecule has 3 aromatic rings. The van der Waals surface area contributed by atoms with E-state index >= 15 is 0 Å². The molecule has 1 N–H and O–H groups in total. The van der Waals surface area contributed by atoms with E-state index in [2.05, 4.69) is 39.9 Å². The van der Waals surface area contributed by atoms with E-state index < -0.39 is 10.1 Å². The van der Waals surface area contributed by atoms with Crippen molar-refractivity contribution < 1.29 is 22.2 Å². The van der Waals surface area contributed by atoms with E-state index in [1.54, 1.807) is 37.3 Å². The zero-order valence-corrected chi connectivity index (χ0v) is 23.8. The average Bonchev–Trinajstić information content (AvgIpc) is 3.25. The number of benzene rings is 3. The highest BCUT2D eigenvalue weighted by Crippen LogP contribution is 2.50. The van der Waals surface area contributed by atoms with Crippen LogP contribution in [0.25, 0.3) is 0 Å². The minimum atomic E-state index is -4.03. The molecule has 0 radical (unpaired) electrons. The van der Waals surface area contributed by atoms with Gasteiger partial charge in [-0.05, 0) is 73.8 Å². The molecule has 0 spiro atoms. The molecule has 6 rings (SSSR count). The maximum atomic E-state index is 13.0. The summed E-state index contributed by atoms with van der Waals surface area (Å²) in [6.45, 7) is 6.96. The van der Waals surface area contributed by atoms with Crippen molar-refractivity contribution in [3.63, 3.8) is 0 Å². The van der Waals surface area contributed by atoms with Crippen LogP contribution in [0, 0.1) is 12.7 Å². The maximum Gasteiger partial charge on any atom is 0.294 e. The van der Waals surface area contributed by atoms with Gasteiger partial charge in [0, 0.05) is 57.2 Å². The number of aryl methyl sites for hydroxylation is 1. The van der Waals surface area contributed by atoms with Gasteiger partial charge in [-0.1, -0.05) is 30.3 Å². The van der Waals surface area contributed by atoms with Gasteiger partial charge in [-0.3, -0.25) is 9.35 Å². The second-order valence-electron chi connectivity index (χ2n) is 10.9. The summed E-state index contributed by atoms with van der Waals surface area (Å²) in [5.74, 6) is 0.377. The molecular weight excluding hydrogens is 529 g/mol. The molecule has 2 atom stereocenters. The first-order valence-corrected chi connectivity index (χ1v) is 15.2. The van der Waals surface area contributed by atoms with E-state index in [-0.39, 0.29) is 16.5 Å². The highest BCUT2D eigenvalue weighted by Gasteiger charge is 2.44. The van der Waals surface area contributed by atoms with Crippen molar-refractivity contribution in [1.82, 2.24) is 4.90 Å². The number of rotatable bonds is 6. The maximum absolute atomic E-state index is 13.0. The van der Waals surface area contributed by atoms with Gasteiger partial charge >= 0.3 is 0 Å². The van der Waals surface area contributed by atoms with Gasteiger partial charge in [0.2, 0.25) is 0 Å². The molecule has 1 saturated heterocycles. The third-order valence-electron chi connectivity index (χ3n) is 8.30. The van der Waals surface area contributed by atoms with Gasteiger partial charge in [0.05, 0.1) is 16.3 Å². The van der Waals surface area contributed by atoms with Gasteiger partial charge in [-0.15, -0.1) is 0 Å². The fourth-order valence-corrected chi connectivity index (χ4v) is 6.99. The van der Waals surface area contributed by atoms with Gasteiger partial charge in [0.25, 0.3) is 10.1 Å². The first kappa shape index (κ1) is 28.3. The monoisotopic (exact) mass is 565 g/mol. The molecule has 0 saturated carbocycles. The number of halogens is 1. The molecule has 40 heavy (non-hydrogen) atoms. The van der Waals surface area contributed by atoms with Crippen LogP contribution >= 0.6 is 0 Å². The molecule has 3 aliphatic rings. The Morgan fingerprint density at radius 2 is 1.75 bits per heavy atom. The summed E-state index contributed by atoms with van der Waals surface area (Å²) in [5.41, 5.74) is 5.51. The number of hydrogen-bond acceptors (Lipinski definition) is 6. The summed E-state index contributed by atoms with van der Waals surface area (Å²) in [4.78, 5) is 19.9. The number of likely N-dealkylation sites (N-methyl/N-ethyl adjacent to an activating group) is 1. The van der Waals surface area contributed by atoms with Crippen LogP contribution in [-0.4, -0.2) is 69.5 Å². The van der Waals surface area contributed by atoms with Crippen molar-refractivity contribution in [1.29, 1.82) is 0 Å². The quantitative estimate of drug-likeness (QED) is 0.327. The SMILES string of the molecule is CN1CCN2c3c(cccc31)[C@@H]1CN(CCCC(=O)c3ccc(F)cc3)CC[C@@H]12.Cc1ccccc1S(=O)(=O)O. The summed E-state index contributed by atoms with van der Waals surface area (Å²) in [7, 11) is -1.84. The minimum Gasteiger partial charge on any atom is -0.371 e. The molecule has 7 nitrogen and oxygen atoms in total. The van der Waals surface area contributed by atoms with Crippen LogP contribution in [0.3, 0.4) is 0 Å². The van der Waals surface area contributed by atoms with Crippen molar-refractivity contribution in [3.8, 4) is 0 Å². The fraction of sp³-hybridized carbons (Fsp3) is 0.387. The summed E-state index contributed by atoms with van der Waals surface area (Å²) in [6.07, 6.45) is 2.56. The Labute approximate surface area is 236 Å². The minimum absolute atomic E-state index is 0.0278. The van der Waals surface area contributed by atoms with Crippen LogP contribution in [0.5, 0.6) is 0 Å². The predicted molar refractivity (Wildman–Crippen MR) is 156 cm³/mol. The number of carbonyl (C=O) groups is 1. The first-order chi connectivity index (χ1) is 19.1. The van der Waals surface area contributed by atoms with Gasteiger partial charge in [-0.25, -0.2) is 4.39 Å². The highest BCUT2D eigenvalue weighted by atomic mass is 32.2. The summed E-state index contributed by atoms with van der Waals surface area (Å²) >= 11 is 0. The van der Waals surface area contributed by atoms with Crippen LogP contribution < -0.4 is 9.80 Å². The molecule has 212 valence electrons. The van der Waals surface area contributed by atoms with E-state index in [1.807, 2.05) is 0 Å². The van der Waals surface area contributed by atoms with Crippen LogP contribution in [0.2, 0.25) is 0 Å². The Morgan fingerprint density at radius 1 is 1.00 bits per heavy atom. The predicted octanol–water partition coefficient (Wildman–Crippen LogP) is 5.16. The second-order valence-corrected chi connectivity index (χ2v) is 12.3. The third kappa shape index (κ3) is 5.92. The van der Waals surface area contributed by atoms with Gasteiger partial charge in [-0.2, -0.15) is 8.42 Å². The van der Waals surface area contributed by atoms with Gasteiger partial charge < -0.3 is 14.7 Å². The van der Waals surface area contributed by atoms with Gasteiger partial charge in [0.1, 0.15) is 5.82 Å². The van der Waals surface area contributed by atoms with Crippen molar-refractivity contribution in [2.75, 3.05) is 49.6 Å². The molecule has 1 fully saturated rings. The number of carbonyl (C=O) groups excluding carboxylic acids is 1. The lowest BCUT2D eigenvalue weighted by Crippen LogP contribution is -2.49. The molecule has 0 aliphatic carbocycles. The largest absolute Gasteiger partial charge is 0.371 e. The zero-order valence-electron chi connectivity index (χ0n) is 23.0. The number of nitrogens with zero attached hydrogens (tertiary/aromatic N) is 3. The molecule has 3 aliphatic heterocycles.